The van der Waals surface area contributed by atoms with Crippen LogP contribution in [0, 0.1) is 23.2 Å². The van der Waals surface area contributed by atoms with Crippen LogP contribution in [-0.2, 0) is 9.53 Å². The predicted octanol–water partition coefficient (Wildman–Crippen LogP) is 4.72. The molecule has 0 radical (unpaired) electrons. The largest absolute Gasteiger partial charge is 0.378 e. The minimum absolute atomic E-state index is 0.161. The molecule has 1 aliphatic heterocycles. The highest BCUT2D eigenvalue weighted by Gasteiger charge is 2.51. The lowest BCUT2D eigenvalue weighted by atomic mass is 9.49. The van der Waals surface area contributed by atoms with Crippen molar-refractivity contribution in [3.8, 4) is 0 Å². The summed E-state index contributed by atoms with van der Waals surface area (Å²) in [6, 6.07) is 5.82. The van der Waals surface area contributed by atoms with Crippen LogP contribution in [0.1, 0.15) is 44.9 Å². The van der Waals surface area contributed by atoms with Gasteiger partial charge in [-0.15, -0.1) is 0 Å². The van der Waals surface area contributed by atoms with Crippen molar-refractivity contribution in [1.82, 2.24) is 0 Å². The molecule has 146 valence electrons. The van der Waals surface area contributed by atoms with Crippen molar-refractivity contribution in [3.63, 3.8) is 0 Å². The van der Waals surface area contributed by atoms with Crippen molar-refractivity contribution in [1.29, 1.82) is 0 Å². The molecule has 6 rings (SSSR count). The minimum atomic E-state index is 0.161. The van der Waals surface area contributed by atoms with Gasteiger partial charge >= 0.3 is 0 Å². The topological polar surface area (TPSA) is 41.6 Å². The Morgan fingerprint density at radius 1 is 1.11 bits per heavy atom. The van der Waals surface area contributed by atoms with Crippen molar-refractivity contribution in [2.45, 2.75) is 44.9 Å². The highest BCUT2D eigenvalue weighted by molar-refractivity contribution is 6.31. The summed E-state index contributed by atoms with van der Waals surface area (Å²) in [6.45, 7) is 3.14. The first-order chi connectivity index (χ1) is 13.1. The van der Waals surface area contributed by atoms with E-state index >= 15 is 0 Å². The molecule has 27 heavy (non-hydrogen) atoms. The van der Waals surface area contributed by atoms with E-state index in [1.165, 1.54) is 38.5 Å². The number of morpholine rings is 1. The summed E-state index contributed by atoms with van der Waals surface area (Å²) in [7, 11) is 0. The van der Waals surface area contributed by atoms with Gasteiger partial charge in [-0.25, -0.2) is 0 Å². The number of carbonyl (C=O) groups is 1. The molecule has 0 unspecified atom stereocenters. The van der Waals surface area contributed by atoms with Gasteiger partial charge in [-0.3, -0.25) is 4.79 Å². The van der Waals surface area contributed by atoms with Gasteiger partial charge in [0.05, 0.1) is 24.6 Å². The van der Waals surface area contributed by atoms with E-state index in [2.05, 4.69) is 10.2 Å². The van der Waals surface area contributed by atoms with Gasteiger partial charge in [0.2, 0.25) is 5.91 Å². The maximum atomic E-state index is 13.0. The van der Waals surface area contributed by atoms with E-state index in [0.717, 1.165) is 55.4 Å². The van der Waals surface area contributed by atoms with E-state index in [1.54, 1.807) is 0 Å². The maximum Gasteiger partial charge on any atom is 0.224 e. The van der Waals surface area contributed by atoms with Crippen LogP contribution in [0.15, 0.2) is 18.2 Å². The van der Waals surface area contributed by atoms with Gasteiger partial charge in [-0.1, -0.05) is 11.6 Å². The fourth-order valence-corrected chi connectivity index (χ4v) is 6.90. The molecule has 1 aromatic rings. The summed E-state index contributed by atoms with van der Waals surface area (Å²) < 4.78 is 5.47. The lowest BCUT2D eigenvalue weighted by molar-refractivity contribution is -0.124. The zero-order chi connectivity index (χ0) is 18.4. The number of carbonyl (C=O) groups excluding carboxylic acids is 1. The van der Waals surface area contributed by atoms with Crippen LogP contribution in [0.4, 0.5) is 11.4 Å². The number of hydrogen-bond donors (Lipinski definition) is 1. The van der Waals surface area contributed by atoms with E-state index < -0.39 is 0 Å². The van der Waals surface area contributed by atoms with E-state index in [1.807, 2.05) is 18.2 Å². The van der Waals surface area contributed by atoms with Crippen molar-refractivity contribution in [3.05, 3.63) is 23.2 Å². The molecule has 4 aliphatic carbocycles. The second-order valence-electron chi connectivity index (χ2n) is 9.40. The average Bonchev–Trinajstić information content (AvgIpc) is 2.61. The molecule has 5 aliphatic rings. The normalized spacial score (nSPS) is 34.7. The predicted molar refractivity (Wildman–Crippen MR) is 108 cm³/mol. The summed E-state index contributed by atoms with van der Waals surface area (Å²) in [5.41, 5.74) is 2.16. The summed E-state index contributed by atoms with van der Waals surface area (Å²) >= 11 is 6.24. The molecule has 4 saturated carbocycles. The molecule has 1 saturated heterocycles. The molecule has 4 bridgehead atoms. The summed E-state index contributed by atoms with van der Waals surface area (Å²) in [5.74, 6) is 2.78. The second kappa shape index (κ2) is 6.97. The number of ether oxygens (including phenoxy) is 1. The van der Waals surface area contributed by atoms with Gasteiger partial charge in [-0.05, 0) is 79.9 Å². The standard InChI is InChI=1S/C22H29ClN2O2/c23-18-1-2-20(25-3-5-27-6-4-25)19(10-18)24-21(26)14-22-11-15-7-16(12-22)9-17(8-15)13-22/h1-2,10,15-17H,3-9,11-14H2,(H,24,26). The van der Waals surface area contributed by atoms with Crippen LogP contribution >= 0.6 is 11.6 Å². The number of rotatable bonds is 4. The lowest BCUT2D eigenvalue weighted by Crippen LogP contribution is -2.47. The third-order valence-corrected chi connectivity index (χ3v) is 7.52. The number of halogens is 1. The molecule has 5 heteroatoms. The Hall–Kier alpha value is -1.26. The van der Waals surface area contributed by atoms with Gasteiger partial charge in [0.25, 0.3) is 0 Å². The molecule has 1 N–H and O–H groups in total. The van der Waals surface area contributed by atoms with E-state index in [9.17, 15) is 4.79 Å². The molecular weight excluding hydrogens is 360 g/mol. The summed E-state index contributed by atoms with van der Waals surface area (Å²) in [5, 5.41) is 3.88. The number of nitrogens with one attached hydrogen (secondary N) is 1. The molecule has 1 aromatic carbocycles. The number of amides is 1. The maximum absolute atomic E-state index is 13.0. The molecule has 1 heterocycles. The van der Waals surface area contributed by atoms with Gasteiger partial charge in [0.15, 0.2) is 0 Å². The van der Waals surface area contributed by atoms with Gasteiger partial charge in [0.1, 0.15) is 0 Å². The SMILES string of the molecule is O=C(CC12CC3CC(CC(C3)C1)C2)Nc1cc(Cl)ccc1N1CCOCC1. The first kappa shape index (κ1) is 17.8. The number of anilines is 2. The van der Waals surface area contributed by atoms with Crippen LogP contribution in [0.25, 0.3) is 0 Å². The van der Waals surface area contributed by atoms with Crippen molar-refractivity contribution in [2.75, 3.05) is 36.5 Å². The zero-order valence-corrected chi connectivity index (χ0v) is 16.6. The minimum Gasteiger partial charge on any atom is -0.378 e. The second-order valence-corrected chi connectivity index (χ2v) is 9.84. The Kier molecular flexibility index (Phi) is 4.60. The van der Waals surface area contributed by atoms with Crippen LogP contribution in [-0.4, -0.2) is 32.2 Å². The highest BCUT2D eigenvalue weighted by Crippen LogP contribution is 2.61. The Balaban J connectivity index is 1.32. The van der Waals surface area contributed by atoms with E-state index in [4.69, 9.17) is 16.3 Å². The Labute approximate surface area is 166 Å². The first-order valence-electron chi connectivity index (χ1n) is 10.5. The van der Waals surface area contributed by atoms with Gasteiger partial charge in [-0.2, -0.15) is 0 Å². The molecule has 0 spiro atoms. The monoisotopic (exact) mass is 388 g/mol. The molecule has 4 nitrogen and oxygen atoms in total. The lowest BCUT2D eigenvalue weighted by Gasteiger charge is -2.56. The fraction of sp³-hybridized carbons (Fsp3) is 0.682. The number of nitrogens with zero attached hydrogens (tertiary/aromatic N) is 1. The zero-order valence-electron chi connectivity index (χ0n) is 15.9. The van der Waals surface area contributed by atoms with Crippen molar-refractivity contribution in [2.24, 2.45) is 23.2 Å². The highest BCUT2D eigenvalue weighted by atomic mass is 35.5. The summed E-state index contributed by atoms with van der Waals surface area (Å²) in [4.78, 5) is 15.3. The molecule has 5 fully saturated rings. The fourth-order valence-electron chi connectivity index (χ4n) is 6.73. The first-order valence-corrected chi connectivity index (χ1v) is 10.9. The van der Waals surface area contributed by atoms with Crippen molar-refractivity contribution < 1.29 is 9.53 Å². The molecular formula is C22H29ClN2O2. The van der Waals surface area contributed by atoms with Crippen LogP contribution < -0.4 is 10.2 Å². The number of benzene rings is 1. The van der Waals surface area contributed by atoms with Crippen LogP contribution in [0.5, 0.6) is 0 Å². The van der Waals surface area contributed by atoms with Crippen LogP contribution in [0.3, 0.4) is 0 Å². The van der Waals surface area contributed by atoms with E-state index in [-0.39, 0.29) is 11.3 Å². The summed E-state index contributed by atoms with van der Waals surface area (Å²) in [6.07, 6.45) is 8.70. The third-order valence-electron chi connectivity index (χ3n) is 7.29. The van der Waals surface area contributed by atoms with Crippen LogP contribution in [0.2, 0.25) is 5.02 Å². The Morgan fingerprint density at radius 2 is 1.74 bits per heavy atom. The van der Waals surface area contributed by atoms with Gasteiger partial charge in [0, 0.05) is 24.5 Å². The third kappa shape index (κ3) is 3.58. The average molecular weight is 389 g/mol. The smallest absolute Gasteiger partial charge is 0.224 e. The molecule has 1 amide bonds. The van der Waals surface area contributed by atoms with Gasteiger partial charge < -0.3 is 15.0 Å². The molecule has 0 atom stereocenters. The Bertz CT molecular complexity index is 694. The van der Waals surface area contributed by atoms with Crippen molar-refractivity contribution >= 4 is 28.9 Å². The number of hydrogen-bond acceptors (Lipinski definition) is 3. The van der Waals surface area contributed by atoms with E-state index in [0.29, 0.717) is 11.4 Å². The molecule has 0 aromatic heterocycles. The Morgan fingerprint density at radius 3 is 2.37 bits per heavy atom. The quantitative estimate of drug-likeness (QED) is 0.811.